The van der Waals surface area contributed by atoms with Crippen molar-refractivity contribution in [3.05, 3.63) is 48.9 Å². The number of ether oxygens (including phenoxy) is 1. The summed E-state index contributed by atoms with van der Waals surface area (Å²) in [6.45, 7) is -0.413. The lowest BCUT2D eigenvalue weighted by Gasteiger charge is -2.17. The highest BCUT2D eigenvalue weighted by Crippen LogP contribution is 2.38. The smallest absolute Gasteiger partial charge is 0.164 e. The molecule has 5 N–H and O–H groups in total. The highest BCUT2D eigenvalue weighted by atomic mass is 16.6. The molecule has 1 unspecified atom stereocenters. The Morgan fingerprint density at radius 2 is 1.90 bits per heavy atom. The van der Waals surface area contributed by atoms with E-state index in [1.807, 2.05) is 36.4 Å². The van der Waals surface area contributed by atoms with Gasteiger partial charge in [0.05, 0.1) is 23.2 Å². The number of pyridine rings is 1. The molecule has 0 aliphatic carbocycles. The number of para-hydroxylation sites is 1. The lowest BCUT2D eigenvalue weighted by molar-refractivity contribution is -0.0508. The van der Waals surface area contributed by atoms with Gasteiger partial charge in [-0.3, -0.25) is 0 Å². The zero-order valence-electron chi connectivity index (χ0n) is 15.3. The molecule has 1 saturated heterocycles. The van der Waals surface area contributed by atoms with Gasteiger partial charge in [0, 0.05) is 17.1 Å². The molecule has 0 amide bonds. The molecular formula is C20H19N5O4. The summed E-state index contributed by atoms with van der Waals surface area (Å²) < 4.78 is 7.28. The van der Waals surface area contributed by atoms with Crippen LogP contribution < -0.4 is 5.73 Å². The molecule has 5 rings (SSSR count). The van der Waals surface area contributed by atoms with Crippen LogP contribution in [0.1, 0.15) is 6.23 Å². The van der Waals surface area contributed by atoms with Crippen molar-refractivity contribution in [2.45, 2.75) is 24.5 Å². The zero-order valence-corrected chi connectivity index (χ0v) is 15.3. The van der Waals surface area contributed by atoms with E-state index in [0.29, 0.717) is 22.3 Å². The van der Waals surface area contributed by atoms with Gasteiger partial charge in [0.1, 0.15) is 36.1 Å². The maximum atomic E-state index is 10.5. The van der Waals surface area contributed by atoms with E-state index >= 15 is 0 Å². The number of hydrogen-bond acceptors (Lipinski definition) is 8. The van der Waals surface area contributed by atoms with E-state index in [1.54, 1.807) is 10.8 Å². The minimum absolute atomic E-state index is 0.269. The Morgan fingerprint density at radius 3 is 2.69 bits per heavy atom. The van der Waals surface area contributed by atoms with E-state index in [9.17, 15) is 15.3 Å². The average Bonchev–Trinajstić information content (AvgIpc) is 3.26. The molecule has 0 spiro atoms. The van der Waals surface area contributed by atoms with Crippen LogP contribution in [0.25, 0.3) is 33.2 Å². The Hall–Kier alpha value is -3.11. The minimum atomic E-state index is -1.24. The first-order valence-electron chi connectivity index (χ1n) is 9.18. The van der Waals surface area contributed by atoms with Crippen LogP contribution >= 0.6 is 0 Å². The summed E-state index contributed by atoms with van der Waals surface area (Å²) >= 11 is 0. The Labute approximate surface area is 165 Å². The van der Waals surface area contributed by atoms with Crippen molar-refractivity contribution in [2.24, 2.45) is 0 Å². The quantitative estimate of drug-likeness (QED) is 0.401. The second-order valence-corrected chi connectivity index (χ2v) is 7.03. The van der Waals surface area contributed by atoms with E-state index in [0.717, 1.165) is 10.9 Å². The number of aromatic nitrogens is 4. The van der Waals surface area contributed by atoms with Gasteiger partial charge >= 0.3 is 0 Å². The van der Waals surface area contributed by atoms with Crippen LogP contribution in [-0.4, -0.2) is 59.8 Å². The van der Waals surface area contributed by atoms with Gasteiger partial charge in [-0.15, -0.1) is 0 Å². The lowest BCUT2D eigenvalue weighted by Crippen LogP contribution is -2.33. The summed E-state index contributed by atoms with van der Waals surface area (Å²) in [6.07, 6.45) is -1.23. The number of nitrogens with zero attached hydrogens (tertiary/aromatic N) is 4. The fraction of sp³-hybridized carbons (Fsp3) is 0.250. The van der Waals surface area contributed by atoms with Crippen molar-refractivity contribution in [2.75, 3.05) is 12.3 Å². The Balaban J connectivity index is 1.71. The van der Waals surface area contributed by atoms with E-state index in [2.05, 4.69) is 9.97 Å². The number of nitrogens with two attached hydrogens (primary N) is 1. The highest BCUT2D eigenvalue weighted by molar-refractivity contribution is 6.00. The molecular weight excluding hydrogens is 374 g/mol. The molecule has 4 aromatic rings. The molecule has 1 aliphatic rings. The first kappa shape index (κ1) is 18.0. The predicted octanol–water partition coefficient (Wildman–Crippen LogP) is 0.840. The fourth-order valence-electron chi connectivity index (χ4n) is 3.82. The monoisotopic (exact) mass is 393 g/mol. The van der Waals surface area contributed by atoms with Gasteiger partial charge in [0.25, 0.3) is 0 Å². The first-order valence-corrected chi connectivity index (χ1v) is 9.18. The number of benzene rings is 1. The molecule has 4 atom stereocenters. The van der Waals surface area contributed by atoms with Crippen LogP contribution in [0.15, 0.2) is 48.9 Å². The number of nitrogen functional groups attached to an aromatic ring is 1. The molecule has 3 aromatic heterocycles. The van der Waals surface area contributed by atoms with Crippen molar-refractivity contribution >= 4 is 27.8 Å². The van der Waals surface area contributed by atoms with Crippen molar-refractivity contribution in [1.29, 1.82) is 0 Å². The van der Waals surface area contributed by atoms with E-state index in [-0.39, 0.29) is 5.82 Å². The molecule has 0 saturated carbocycles. The maximum Gasteiger partial charge on any atom is 0.164 e. The van der Waals surface area contributed by atoms with Crippen molar-refractivity contribution in [1.82, 2.24) is 19.5 Å². The molecule has 0 radical (unpaired) electrons. The first-order chi connectivity index (χ1) is 14.1. The Bertz CT molecular complexity index is 1210. The molecule has 4 heterocycles. The number of aliphatic hydroxyl groups excluding tert-OH is 3. The maximum absolute atomic E-state index is 10.5. The van der Waals surface area contributed by atoms with Crippen molar-refractivity contribution in [3.8, 4) is 11.3 Å². The molecule has 1 fully saturated rings. The summed E-state index contributed by atoms with van der Waals surface area (Å²) in [5, 5.41) is 31.6. The van der Waals surface area contributed by atoms with Crippen molar-refractivity contribution in [3.63, 3.8) is 0 Å². The van der Waals surface area contributed by atoms with Gasteiger partial charge in [-0.1, -0.05) is 24.3 Å². The van der Waals surface area contributed by atoms with Crippen LogP contribution in [0.5, 0.6) is 0 Å². The number of anilines is 1. The minimum Gasteiger partial charge on any atom is -0.394 e. The Kier molecular flexibility index (Phi) is 4.18. The van der Waals surface area contributed by atoms with Gasteiger partial charge in [-0.05, 0) is 12.1 Å². The SMILES string of the molecule is Nc1ncnc2c1c(-c1ccc3ccccc3n1)cn2C1O[C@H](CO)[C@@H](O)[C@H]1O. The number of fused-ring (bicyclic) bond motifs is 2. The van der Waals surface area contributed by atoms with Crippen LogP contribution in [-0.2, 0) is 4.74 Å². The predicted molar refractivity (Wildman–Crippen MR) is 106 cm³/mol. The third-order valence-electron chi connectivity index (χ3n) is 5.30. The molecule has 1 aliphatic heterocycles. The normalized spacial score (nSPS) is 24.5. The third kappa shape index (κ3) is 2.75. The summed E-state index contributed by atoms with van der Waals surface area (Å²) in [6, 6.07) is 11.6. The van der Waals surface area contributed by atoms with Crippen LogP contribution in [0.2, 0.25) is 0 Å². The Morgan fingerprint density at radius 1 is 1.07 bits per heavy atom. The van der Waals surface area contributed by atoms with Gasteiger partial charge < -0.3 is 30.4 Å². The molecule has 1 aromatic carbocycles. The number of hydrogen-bond donors (Lipinski definition) is 4. The van der Waals surface area contributed by atoms with Crippen molar-refractivity contribution < 1.29 is 20.1 Å². The largest absolute Gasteiger partial charge is 0.394 e. The summed E-state index contributed by atoms with van der Waals surface area (Å²) in [5.74, 6) is 0.269. The summed E-state index contributed by atoms with van der Waals surface area (Å²) in [4.78, 5) is 13.1. The molecule has 148 valence electrons. The van der Waals surface area contributed by atoms with E-state index in [1.165, 1.54) is 6.33 Å². The summed E-state index contributed by atoms with van der Waals surface area (Å²) in [7, 11) is 0. The van der Waals surface area contributed by atoms with Crippen LogP contribution in [0, 0.1) is 0 Å². The zero-order chi connectivity index (χ0) is 20.1. The van der Waals surface area contributed by atoms with E-state index < -0.39 is 31.1 Å². The average molecular weight is 393 g/mol. The van der Waals surface area contributed by atoms with Crippen LogP contribution in [0.3, 0.4) is 0 Å². The van der Waals surface area contributed by atoms with Gasteiger partial charge in [-0.25, -0.2) is 15.0 Å². The van der Waals surface area contributed by atoms with Gasteiger partial charge in [0.15, 0.2) is 6.23 Å². The summed E-state index contributed by atoms with van der Waals surface area (Å²) in [5.41, 5.74) is 8.77. The molecule has 9 heteroatoms. The standard InChI is InChI=1S/C20H19N5O4/c21-18-15-11(13-6-5-10-3-1-2-4-12(10)24-13)7-25(19(15)23-9-22-18)20-17(28)16(27)14(8-26)29-20/h1-7,9,14,16-17,20,26-28H,8H2,(H2,21,22,23)/t14-,16-,17-,20?/m1/s1. The van der Waals surface area contributed by atoms with Crippen LogP contribution in [0.4, 0.5) is 5.82 Å². The number of rotatable bonds is 3. The van der Waals surface area contributed by atoms with Gasteiger partial charge in [-0.2, -0.15) is 0 Å². The van der Waals surface area contributed by atoms with E-state index in [4.69, 9.17) is 15.5 Å². The molecule has 0 bridgehead atoms. The topological polar surface area (TPSA) is 140 Å². The third-order valence-corrected chi connectivity index (χ3v) is 5.30. The molecule has 29 heavy (non-hydrogen) atoms. The second kappa shape index (κ2) is 6.75. The second-order valence-electron chi connectivity index (χ2n) is 7.03. The molecule has 9 nitrogen and oxygen atoms in total. The number of aliphatic hydroxyl groups is 3. The van der Waals surface area contributed by atoms with Gasteiger partial charge in [0.2, 0.25) is 0 Å². The fourth-order valence-corrected chi connectivity index (χ4v) is 3.82. The lowest BCUT2D eigenvalue weighted by atomic mass is 10.1. The highest BCUT2D eigenvalue weighted by Gasteiger charge is 2.44.